The minimum absolute atomic E-state index is 0.0414. The Bertz CT molecular complexity index is 329. The van der Waals surface area contributed by atoms with Crippen LogP contribution in [0.5, 0.6) is 0 Å². The van der Waals surface area contributed by atoms with Gasteiger partial charge < -0.3 is 9.64 Å². The smallest absolute Gasteiger partial charge is 0.241 e. The first kappa shape index (κ1) is 18.4. The molecule has 1 aliphatic rings. The zero-order valence-electron chi connectivity index (χ0n) is 14.8. The van der Waals surface area contributed by atoms with Crippen LogP contribution in [0.15, 0.2) is 0 Å². The van der Waals surface area contributed by atoms with E-state index >= 15 is 0 Å². The molecule has 0 aromatic carbocycles. The largest absolute Gasteiger partial charge is 0.380 e. The van der Waals surface area contributed by atoms with Gasteiger partial charge in [-0.3, -0.25) is 10.1 Å². The standard InChI is InChI=1S/C17H34N2O2/c1-8-21-10-15(12(4)5)19-16(13(6)7)18-14(17(19)20)9-11(2)3/h11-16,18H,8-10H2,1-7H3. The summed E-state index contributed by atoms with van der Waals surface area (Å²) in [5, 5.41) is 3.55. The summed E-state index contributed by atoms with van der Waals surface area (Å²) in [6.45, 7) is 16.3. The van der Waals surface area contributed by atoms with Crippen molar-refractivity contribution >= 4 is 5.91 Å². The summed E-state index contributed by atoms with van der Waals surface area (Å²) in [5.41, 5.74) is 0. The molecule has 0 bridgehead atoms. The van der Waals surface area contributed by atoms with Gasteiger partial charge in [-0.05, 0) is 31.1 Å². The molecule has 1 saturated heterocycles. The Labute approximate surface area is 130 Å². The Balaban J connectivity index is 2.94. The van der Waals surface area contributed by atoms with Gasteiger partial charge in [0, 0.05) is 6.61 Å². The van der Waals surface area contributed by atoms with E-state index in [1.807, 2.05) is 6.92 Å². The van der Waals surface area contributed by atoms with Gasteiger partial charge in [0.1, 0.15) is 0 Å². The topological polar surface area (TPSA) is 41.6 Å². The number of hydrogen-bond acceptors (Lipinski definition) is 3. The highest BCUT2D eigenvalue weighted by molar-refractivity contribution is 5.84. The van der Waals surface area contributed by atoms with Crippen LogP contribution in [-0.4, -0.2) is 42.3 Å². The van der Waals surface area contributed by atoms with Crippen molar-refractivity contribution in [3.63, 3.8) is 0 Å². The van der Waals surface area contributed by atoms with Crippen LogP contribution in [0.2, 0.25) is 0 Å². The van der Waals surface area contributed by atoms with E-state index in [1.165, 1.54) is 0 Å². The fourth-order valence-corrected chi connectivity index (χ4v) is 3.03. The van der Waals surface area contributed by atoms with Crippen molar-refractivity contribution in [2.24, 2.45) is 17.8 Å². The molecule has 124 valence electrons. The molecule has 1 amide bonds. The first-order chi connectivity index (χ1) is 9.79. The Morgan fingerprint density at radius 1 is 1.19 bits per heavy atom. The summed E-state index contributed by atoms with van der Waals surface area (Å²) in [5.74, 6) is 1.56. The molecule has 1 heterocycles. The third-order valence-electron chi connectivity index (χ3n) is 4.18. The number of hydrogen-bond donors (Lipinski definition) is 1. The molecule has 0 saturated carbocycles. The van der Waals surface area contributed by atoms with Crippen LogP contribution in [0.1, 0.15) is 54.9 Å². The van der Waals surface area contributed by atoms with E-state index < -0.39 is 0 Å². The second-order valence-corrected chi connectivity index (χ2v) is 7.25. The Kier molecular flexibility index (Phi) is 7.14. The maximum Gasteiger partial charge on any atom is 0.241 e. The summed E-state index contributed by atoms with van der Waals surface area (Å²) >= 11 is 0. The number of carbonyl (C=O) groups excluding carboxylic acids is 1. The van der Waals surface area contributed by atoms with E-state index in [-0.39, 0.29) is 24.2 Å². The van der Waals surface area contributed by atoms with Crippen molar-refractivity contribution in [1.29, 1.82) is 0 Å². The highest BCUT2D eigenvalue weighted by Gasteiger charge is 2.44. The van der Waals surface area contributed by atoms with Crippen LogP contribution in [0.3, 0.4) is 0 Å². The second-order valence-electron chi connectivity index (χ2n) is 7.25. The van der Waals surface area contributed by atoms with Gasteiger partial charge >= 0.3 is 0 Å². The molecule has 0 aromatic heterocycles. The van der Waals surface area contributed by atoms with Crippen LogP contribution in [-0.2, 0) is 9.53 Å². The van der Waals surface area contributed by atoms with Crippen molar-refractivity contribution in [2.45, 2.75) is 73.1 Å². The van der Waals surface area contributed by atoms with Crippen LogP contribution < -0.4 is 5.32 Å². The normalized spacial score (nSPS) is 24.7. The van der Waals surface area contributed by atoms with Gasteiger partial charge in [-0.25, -0.2) is 0 Å². The number of rotatable bonds is 8. The number of ether oxygens (including phenoxy) is 1. The maximum absolute atomic E-state index is 12.9. The van der Waals surface area contributed by atoms with Crippen molar-refractivity contribution in [3.05, 3.63) is 0 Å². The number of amides is 1. The second kappa shape index (κ2) is 8.14. The van der Waals surface area contributed by atoms with Gasteiger partial charge in [0.2, 0.25) is 5.91 Å². The lowest BCUT2D eigenvalue weighted by atomic mass is 10.00. The van der Waals surface area contributed by atoms with E-state index in [4.69, 9.17) is 4.74 Å². The van der Waals surface area contributed by atoms with Crippen molar-refractivity contribution in [2.75, 3.05) is 13.2 Å². The summed E-state index contributed by atoms with van der Waals surface area (Å²) in [4.78, 5) is 14.9. The van der Waals surface area contributed by atoms with Gasteiger partial charge in [-0.1, -0.05) is 41.5 Å². The first-order valence-electron chi connectivity index (χ1n) is 8.45. The third-order valence-corrected chi connectivity index (χ3v) is 4.18. The highest BCUT2D eigenvalue weighted by atomic mass is 16.5. The highest BCUT2D eigenvalue weighted by Crippen LogP contribution is 2.26. The Morgan fingerprint density at radius 2 is 1.81 bits per heavy atom. The lowest BCUT2D eigenvalue weighted by Crippen LogP contribution is -2.51. The molecule has 3 unspecified atom stereocenters. The van der Waals surface area contributed by atoms with Crippen LogP contribution >= 0.6 is 0 Å². The zero-order valence-corrected chi connectivity index (χ0v) is 14.8. The molecule has 0 aliphatic carbocycles. The zero-order chi connectivity index (χ0) is 16.2. The fourth-order valence-electron chi connectivity index (χ4n) is 3.03. The van der Waals surface area contributed by atoms with Crippen LogP contribution in [0, 0.1) is 17.8 Å². The average molecular weight is 298 g/mol. The van der Waals surface area contributed by atoms with Gasteiger partial charge in [-0.15, -0.1) is 0 Å². The molecule has 21 heavy (non-hydrogen) atoms. The molecule has 1 N–H and O–H groups in total. The van der Waals surface area contributed by atoms with Gasteiger partial charge in [-0.2, -0.15) is 0 Å². The van der Waals surface area contributed by atoms with E-state index in [2.05, 4.69) is 51.8 Å². The van der Waals surface area contributed by atoms with Crippen molar-refractivity contribution in [3.8, 4) is 0 Å². The molecular weight excluding hydrogens is 264 g/mol. The molecule has 0 aromatic rings. The van der Waals surface area contributed by atoms with E-state index in [9.17, 15) is 4.79 Å². The number of nitrogens with zero attached hydrogens (tertiary/aromatic N) is 1. The minimum atomic E-state index is -0.0414. The van der Waals surface area contributed by atoms with Crippen LogP contribution in [0.4, 0.5) is 0 Å². The minimum Gasteiger partial charge on any atom is -0.380 e. The number of carbonyl (C=O) groups is 1. The average Bonchev–Trinajstić information content (AvgIpc) is 2.67. The summed E-state index contributed by atoms with van der Waals surface area (Å²) in [6.07, 6.45) is 1.02. The first-order valence-corrected chi connectivity index (χ1v) is 8.45. The molecule has 4 nitrogen and oxygen atoms in total. The maximum atomic E-state index is 12.9. The predicted molar refractivity (Wildman–Crippen MR) is 87.0 cm³/mol. The van der Waals surface area contributed by atoms with E-state index in [0.29, 0.717) is 31.0 Å². The SMILES string of the molecule is CCOCC(C(C)C)N1C(=O)C(CC(C)C)NC1C(C)C. The van der Waals surface area contributed by atoms with Crippen molar-refractivity contribution in [1.82, 2.24) is 10.2 Å². The summed E-state index contributed by atoms with van der Waals surface area (Å²) in [6, 6.07) is 0.106. The van der Waals surface area contributed by atoms with Gasteiger partial charge in [0.15, 0.2) is 0 Å². The van der Waals surface area contributed by atoms with Crippen molar-refractivity contribution < 1.29 is 9.53 Å². The van der Waals surface area contributed by atoms with Crippen LogP contribution in [0.25, 0.3) is 0 Å². The molecule has 3 atom stereocenters. The van der Waals surface area contributed by atoms with Gasteiger partial charge in [0.25, 0.3) is 0 Å². The fraction of sp³-hybridized carbons (Fsp3) is 0.941. The monoisotopic (exact) mass is 298 g/mol. The third kappa shape index (κ3) is 4.68. The molecule has 1 aliphatic heterocycles. The molecular formula is C17H34N2O2. The Morgan fingerprint density at radius 3 is 2.24 bits per heavy atom. The molecule has 1 fully saturated rings. The van der Waals surface area contributed by atoms with E-state index in [1.54, 1.807) is 0 Å². The summed E-state index contributed by atoms with van der Waals surface area (Å²) < 4.78 is 5.64. The predicted octanol–water partition coefficient (Wildman–Crippen LogP) is 2.88. The Hall–Kier alpha value is -0.610. The van der Waals surface area contributed by atoms with Gasteiger partial charge in [0.05, 0.1) is 24.9 Å². The molecule has 0 radical (unpaired) electrons. The number of nitrogens with one attached hydrogen (secondary N) is 1. The molecule has 4 heteroatoms. The summed E-state index contributed by atoms with van der Waals surface area (Å²) in [7, 11) is 0. The van der Waals surface area contributed by atoms with E-state index in [0.717, 1.165) is 6.42 Å². The molecule has 0 spiro atoms. The quantitative estimate of drug-likeness (QED) is 0.749. The lowest BCUT2D eigenvalue weighted by molar-refractivity contribution is -0.136. The lowest BCUT2D eigenvalue weighted by Gasteiger charge is -2.36. The molecule has 1 rings (SSSR count).